The van der Waals surface area contributed by atoms with E-state index in [1.54, 1.807) is 18.5 Å². The second-order valence-electron chi connectivity index (χ2n) is 5.68. The molecule has 0 aliphatic carbocycles. The maximum absolute atomic E-state index is 12.1. The Morgan fingerprint density at radius 1 is 1.08 bits per heavy atom. The van der Waals surface area contributed by atoms with Crippen molar-refractivity contribution in [3.8, 4) is 5.75 Å². The number of pyridine rings is 2. The number of ether oxygens (including phenoxy) is 1. The minimum atomic E-state index is -0.0856. The Bertz CT molecular complexity index is 843. The van der Waals surface area contributed by atoms with Gasteiger partial charge in [-0.1, -0.05) is 36.4 Å². The van der Waals surface area contributed by atoms with E-state index in [9.17, 15) is 4.79 Å². The van der Waals surface area contributed by atoms with Crippen LogP contribution in [0.3, 0.4) is 0 Å². The molecule has 3 aromatic rings. The number of hydrogen-bond donors (Lipinski definition) is 0. The van der Waals surface area contributed by atoms with Crippen LogP contribution in [0.1, 0.15) is 17.0 Å². The van der Waals surface area contributed by atoms with Gasteiger partial charge >= 0.3 is 0 Å². The molecular weight excluding hydrogens is 300 g/mol. The fraction of sp³-hybridized carbons (Fsp3) is 0.200. The predicted octanol–water partition coefficient (Wildman–Crippen LogP) is 3.37. The molecule has 0 saturated carbocycles. The average molecular weight is 320 g/mol. The first-order valence-electron chi connectivity index (χ1n) is 8.00. The molecule has 0 aliphatic heterocycles. The van der Waals surface area contributed by atoms with Crippen LogP contribution in [0.5, 0.6) is 5.75 Å². The average Bonchev–Trinajstić information content (AvgIpc) is 2.62. The maximum Gasteiger partial charge on any atom is 0.223 e. The molecule has 0 unspecified atom stereocenters. The van der Waals surface area contributed by atoms with Crippen LogP contribution in [-0.2, 0) is 19.6 Å². The van der Waals surface area contributed by atoms with Crippen LogP contribution < -0.4 is 10.2 Å². The Kier molecular flexibility index (Phi) is 5.06. The molecule has 0 spiro atoms. The molecule has 24 heavy (non-hydrogen) atoms. The van der Waals surface area contributed by atoms with E-state index in [1.807, 2.05) is 60.0 Å². The molecule has 2 aromatic heterocycles. The highest BCUT2D eigenvalue weighted by molar-refractivity contribution is 5.23. The van der Waals surface area contributed by atoms with Crippen molar-refractivity contribution in [3.05, 3.63) is 94.2 Å². The molecule has 2 heterocycles. The van der Waals surface area contributed by atoms with Gasteiger partial charge in [0.05, 0.1) is 6.20 Å². The molecule has 122 valence electrons. The summed E-state index contributed by atoms with van der Waals surface area (Å²) in [6, 6.07) is 17.3. The largest absolute Gasteiger partial charge is 0.483 e. The highest BCUT2D eigenvalue weighted by atomic mass is 16.5. The van der Waals surface area contributed by atoms with Gasteiger partial charge in [-0.3, -0.25) is 9.78 Å². The Hall–Kier alpha value is -2.88. The van der Waals surface area contributed by atoms with Gasteiger partial charge in [0.2, 0.25) is 5.43 Å². The molecule has 0 amide bonds. The molecule has 0 radical (unpaired) electrons. The van der Waals surface area contributed by atoms with Gasteiger partial charge < -0.3 is 9.30 Å². The lowest BCUT2D eigenvalue weighted by molar-refractivity contribution is 0.299. The van der Waals surface area contributed by atoms with Gasteiger partial charge in [0.25, 0.3) is 0 Å². The van der Waals surface area contributed by atoms with Crippen molar-refractivity contribution in [1.82, 2.24) is 9.55 Å². The van der Waals surface area contributed by atoms with Crippen LogP contribution >= 0.6 is 0 Å². The standard InChI is InChI=1S/C20H20N2O2/c1-16-13-19(23)20(24-15-17-7-3-2-4-8-17)14-22(16)12-10-18-9-5-6-11-21-18/h2-9,11,13-14H,10,12,15H2,1H3. The number of rotatable bonds is 6. The summed E-state index contributed by atoms with van der Waals surface area (Å²) < 4.78 is 7.76. The number of aromatic nitrogens is 2. The lowest BCUT2D eigenvalue weighted by Gasteiger charge is -2.13. The zero-order valence-corrected chi connectivity index (χ0v) is 13.7. The molecule has 3 rings (SSSR count). The molecular formula is C20H20N2O2. The van der Waals surface area contributed by atoms with Crippen LogP contribution in [0.2, 0.25) is 0 Å². The van der Waals surface area contributed by atoms with Crippen molar-refractivity contribution in [3.63, 3.8) is 0 Å². The second-order valence-corrected chi connectivity index (χ2v) is 5.68. The topological polar surface area (TPSA) is 44.1 Å². The molecule has 0 atom stereocenters. The summed E-state index contributed by atoms with van der Waals surface area (Å²) in [5.41, 5.74) is 2.90. The highest BCUT2D eigenvalue weighted by Gasteiger charge is 2.06. The lowest BCUT2D eigenvalue weighted by Crippen LogP contribution is -2.15. The summed E-state index contributed by atoms with van der Waals surface area (Å²) in [6.07, 6.45) is 4.40. The van der Waals surface area contributed by atoms with Gasteiger partial charge in [0.1, 0.15) is 6.61 Å². The van der Waals surface area contributed by atoms with Gasteiger partial charge in [-0.15, -0.1) is 0 Å². The minimum absolute atomic E-state index is 0.0856. The third-order valence-electron chi connectivity index (χ3n) is 3.88. The predicted molar refractivity (Wildman–Crippen MR) is 94.2 cm³/mol. The summed E-state index contributed by atoms with van der Waals surface area (Å²) in [7, 11) is 0. The Morgan fingerprint density at radius 3 is 2.62 bits per heavy atom. The van der Waals surface area contributed by atoms with Gasteiger partial charge in [-0.2, -0.15) is 0 Å². The van der Waals surface area contributed by atoms with Crippen molar-refractivity contribution >= 4 is 0 Å². The van der Waals surface area contributed by atoms with Crippen LogP contribution in [0.25, 0.3) is 0 Å². The van der Waals surface area contributed by atoms with E-state index in [0.717, 1.165) is 29.9 Å². The molecule has 0 bridgehead atoms. The lowest BCUT2D eigenvalue weighted by atomic mass is 10.2. The Balaban J connectivity index is 1.72. The van der Waals surface area contributed by atoms with Crippen molar-refractivity contribution in [2.75, 3.05) is 0 Å². The van der Waals surface area contributed by atoms with Crippen LogP contribution in [0, 0.1) is 6.92 Å². The molecule has 1 aromatic carbocycles. The van der Waals surface area contributed by atoms with Crippen molar-refractivity contribution in [1.29, 1.82) is 0 Å². The fourth-order valence-corrected chi connectivity index (χ4v) is 2.52. The summed E-state index contributed by atoms with van der Waals surface area (Å²) in [5, 5.41) is 0. The van der Waals surface area contributed by atoms with Crippen molar-refractivity contribution in [2.45, 2.75) is 26.5 Å². The zero-order valence-electron chi connectivity index (χ0n) is 13.7. The fourth-order valence-electron chi connectivity index (χ4n) is 2.52. The normalized spacial score (nSPS) is 10.5. The van der Waals surface area contributed by atoms with E-state index in [2.05, 4.69) is 4.98 Å². The van der Waals surface area contributed by atoms with Gasteiger partial charge in [0.15, 0.2) is 5.75 Å². The van der Waals surface area contributed by atoms with E-state index in [-0.39, 0.29) is 5.43 Å². The number of hydrogen-bond acceptors (Lipinski definition) is 3. The van der Waals surface area contributed by atoms with Crippen molar-refractivity contribution < 1.29 is 4.74 Å². The van der Waals surface area contributed by atoms with E-state index >= 15 is 0 Å². The molecule has 4 heteroatoms. The molecule has 0 saturated heterocycles. The maximum atomic E-state index is 12.1. The van der Waals surface area contributed by atoms with Gasteiger partial charge in [-0.05, 0) is 24.6 Å². The van der Waals surface area contributed by atoms with E-state index < -0.39 is 0 Å². The van der Waals surface area contributed by atoms with E-state index in [4.69, 9.17) is 4.74 Å². The number of benzene rings is 1. The SMILES string of the molecule is Cc1cc(=O)c(OCc2ccccc2)cn1CCc1ccccn1. The Labute approximate surface area is 141 Å². The van der Waals surface area contributed by atoms with Crippen molar-refractivity contribution in [2.24, 2.45) is 0 Å². The third kappa shape index (κ3) is 4.10. The monoisotopic (exact) mass is 320 g/mol. The third-order valence-corrected chi connectivity index (χ3v) is 3.88. The summed E-state index contributed by atoms with van der Waals surface area (Å²) in [6.45, 7) is 3.07. The molecule has 0 aliphatic rings. The summed E-state index contributed by atoms with van der Waals surface area (Å²) in [5.74, 6) is 0.380. The summed E-state index contributed by atoms with van der Waals surface area (Å²) in [4.78, 5) is 16.5. The zero-order chi connectivity index (χ0) is 16.8. The first-order valence-corrected chi connectivity index (χ1v) is 8.00. The molecule has 0 N–H and O–H groups in total. The van der Waals surface area contributed by atoms with E-state index in [0.29, 0.717) is 12.4 Å². The first-order chi connectivity index (χ1) is 11.7. The van der Waals surface area contributed by atoms with Crippen LogP contribution in [0.15, 0.2) is 71.8 Å². The number of nitrogens with zero attached hydrogens (tertiary/aromatic N) is 2. The summed E-state index contributed by atoms with van der Waals surface area (Å²) >= 11 is 0. The quantitative estimate of drug-likeness (QED) is 0.699. The number of aryl methyl sites for hydroxylation is 3. The second kappa shape index (κ2) is 7.59. The van der Waals surface area contributed by atoms with Gasteiger partial charge in [-0.25, -0.2) is 0 Å². The molecule has 0 fully saturated rings. The van der Waals surface area contributed by atoms with Gasteiger partial charge in [0, 0.05) is 36.6 Å². The van der Waals surface area contributed by atoms with Crippen LogP contribution in [-0.4, -0.2) is 9.55 Å². The smallest absolute Gasteiger partial charge is 0.223 e. The van der Waals surface area contributed by atoms with E-state index in [1.165, 1.54) is 0 Å². The highest BCUT2D eigenvalue weighted by Crippen LogP contribution is 2.10. The Morgan fingerprint density at radius 2 is 1.88 bits per heavy atom. The first kappa shape index (κ1) is 16.0. The van der Waals surface area contributed by atoms with Crippen LogP contribution in [0.4, 0.5) is 0 Å². The molecule has 4 nitrogen and oxygen atoms in total. The minimum Gasteiger partial charge on any atom is -0.483 e.